The average molecular weight is 730 g/mol. The fourth-order valence-electron chi connectivity index (χ4n) is 13.3. The zero-order valence-corrected chi connectivity index (χ0v) is 33.2. The quantitative estimate of drug-likeness (QED) is 0.179. The first-order valence-corrected chi connectivity index (χ1v) is 21.4. The van der Waals surface area contributed by atoms with Crippen molar-refractivity contribution >= 4 is 39.0 Å². The van der Waals surface area contributed by atoms with Gasteiger partial charge in [0.25, 0.3) is 0 Å². The van der Waals surface area contributed by atoms with Crippen molar-refractivity contribution in [3.63, 3.8) is 0 Å². The Morgan fingerprint density at radius 1 is 0.518 bits per heavy atom. The first-order valence-electron chi connectivity index (χ1n) is 21.4. The van der Waals surface area contributed by atoms with Crippen LogP contribution < -0.4 is 4.90 Å². The molecule has 13 rings (SSSR count). The van der Waals surface area contributed by atoms with Gasteiger partial charge in [-0.1, -0.05) is 119 Å². The maximum absolute atomic E-state index is 6.72. The van der Waals surface area contributed by atoms with Crippen LogP contribution in [-0.2, 0) is 16.2 Å². The molecule has 4 saturated carbocycles. The lowest BCUT2D eigenvalue weighted by molar-refractivity contribution is -0.0399. The smallest absolute Gasteiger partial charge is 0.159 e. The fourth-order valence-corrected chi connectivity index (χ4v) is 13.3. The molecule has 0 amide bonds. The molecule has 7 aromatic rings. The summed E-state index contributed by atoms with van der Waals surface area (Å²) in [6, 6.07) is 48.6. The van der Waals surface area contributed by atoms with Crippen LogP contribution in [0.4, 0.5) is 17.1 Å². The van der Waals surface area contributed by atoms with Crippen molar-refractivity contribution in [2.45, 2.75) is 88.9 Å². The van der Waals surface area contributed by atoms with Crippen molar-refractivity contribution < 1.29 is 4.42 Å². The number of fused-ring (bicyclic) bond motifs is 7. The highest BCUT2D eigenvalue weighted by Crippen LogP contribution is 2.70. The summed E-state index contributed by atoms with van der Waals surface area (Å²) in [5, 5.41) is 2.31. The third-order valence-electron chi connectivity index (χ3n) is 15.7. The Balaban J connectivity index is 1.02. The van der Waals surface area contributed by atoms with E-state index < -0.39 is 0 Å². The minimum atomic E-state index is 0.0976. The predicted octanol–water partition coefficient (Wildman–Crippen LogP) is 14.8. The van der Waals surface area contributed by atoms with Gasteiger partial charge in [-0.15, -0.1) is 0 Å². The fraction of sp³-hybridized carbons (Fsp3) is 0.333. The summed E-state index contributed by atoms with van der Waals surface area (Å²) in [5.41, 5.74) is 17.5. The summed E-state index contributed by atoms with van der Waals surface area (Å²) in [6.45, 7) is 9.67. The Hall–Kier alpha value is -5.08. The van der Waals surface area contributed by atoms with Crippen LogP contribution in [0.5, 0.6) is 0 Å². The second kappa shape index (κ2) is 11.5. The molecule has 0 radical (unpaired) electrons. The van der Waals surface area contributed by atoms with Crippen LogP contribution in [0.15, 0.2) is 132 Å². The molecule has 1 heterocycles. The van der Waals surface area contributed by atoms with E-state index in [1.807, 2.05) is 0 Å². The van der Waals surface area contributed by atoms with Crippen LogP contribution in [0.3, 0.4) is 0 Å². The van der Waals surface area contributed by atoms with Crippen molar-refractivity contribution in [1.29, 1.82) is 0 Å². The number of rotatable bonds is 4. The van der Waals surface area contributed by atoms with Crippen LogP contribution in [-0.4, -0.2) is 0 Å². The molecule has 0 unspecified atom stereocenters. The van der Waals surface area contributed by atoms with Gasteiger partial charge in [-0.3, -0.25) is 0 Å². The van der Waals surface area contributed by atoms with Crippen LogP contribution >= 0.6 is 0 Å². The van der Waals surface area contributed by atoms with Gasteiger partial charge in [0.05, 0.1) is 5.69 Å². The molecule has 2 nitrogen and oxygen atoms in total. The number of nitrogens with zero attached hydrogens (tertiary/aromatic N) is 1. The van der Waals surface area contributed by atoms with E-state index in [-0.39, 0.29) is 16.2 Å². The third kappa shape index (κ3) is 4.45. The maximum atomic E-state index is 6.72. The van der Waals surface area contributed by atoms with Gasteiger partial charge in [0, 0.05) is 27.6 Å². The van der Waals surface area contributed by atoms with Crippen LogP contribution in [0.2, 0.25) is 0 Å². The molecule has 0 saturated heterocycles. The van der Waals surface area contributed by atoms with E-state index in [1.165, 1.54) is 84.0 Å². The second-order valence-corrected chi connectivity index (χ2v) is 19.6. The van der Waals surface area contributed by atoms with Gasteiger partial charge < -0.3 is 9.32 Å². The third-order valence-corrected chi connectivity index (χ3v) is 15.7. The Morgan fingerprint density at radius 3 is 1.93 bits per heavy atom. The molecule has 0 atom stereocenters. The number of para-hydroxylation sites is 2. The SMILES string of the molecule is CC1(C)CCC(C)(C)c2cc(N(c3ccc(-c4cccc5c4-c4ccccc4C54C5CC6CC(C5)CC4C6)cc3)c3cccc4c3oc3ccccc34)ccc21. The van der Waals surface area contributed by atoms with E-state index in [4.69, 9.17) is 4.42 Å². The predicted molar refractivity (Wildman–Crippen MR) is 232 cm³/mol. The first-order chi connectivity index (χ1) is 27.2. The van der Waals surface area contributed by atoms with Gasteiger partial charge in [-0.25, -0.2) is 0 Å². The highest BCUT2D eigenvalue weighted by atomic mass is 16.3. The zero-order valence-electron chi connectivity index (χ0n) is 33.2. The number of anilines is 3. The Morgan fingerprint density at radius 2 is 1.14 bits per heavy atom. The lowest BCUT2D eigenvalue weighted by Crippen LogP contribution is -2.55. The van der Waals surface area contributed by atoms with Gasteiger partial charge in [0.2, 0.25) is 0 Å². The molecule has 0 aliphatic heterocycles. The van der Waals surface area contributed by atoms with Crippen LogP contribution in [0.1, 0.15) is 94.9 Å². The lowest BCUT2D eigenvalue weighted by atomic mass is 9.43. The molecule has 4 fully saturated rings. The second-order valence-electron chi connectivity index (χ2n) is 19.6. The van der Waals surface area contributed by atoms with Gasteiger partial charge in [0.15, 0.2) is 5.58 Å². The largest absolute Gasteiger partial charge is 0.454 e. The normalized spacial score (nSPS) is 26.1. The topological polar surface area (TPSA) is 16.4 Å². The lowest BCUT2D eigenvalue weighted by Gasteiger charge is -2.61. The van der Waals surface area contributed by atoms with Crippen LogP contribution in [0.25, 0.3) is 44.2 Å². The number of benzene rings is 6. The van der Waals surface area contributed by atoms with Crippen molar-refractivity contribution in [2.24, 2.45) is 23.7 Å². The van der Waals surface area contributed by atoms with Crippen molar-refractivity contribution in [2.75, 3.05) is 4.90 Å². The van der Waals surface area contributed by atoms with Gasteiger partial charge >= 0.3 is 0 Å². The van der Waals surface area contributed by atoms with E-state index in [0.717, 1.165) is 57.0 Å². The van der Waals surface area contributed by atoms with E-state index in [1.54, 1.807) is 11.1 Å². The Kier molecular flexibility index (Phi) is 6.80. The zero-order chi connectivity index (χ0) is 37.6. The summed E-state index contributed by atoms with van der Waals surface area (Å²) >= 11 is 0. The Labute approximate surface area is 331 Å². The highest BCUT2D eigenvalue weighted by molar-refractivity contribution is 6.10. The first kappa shape index (κ1) is 33.1. The van der Waals surface area contributed by atoms with Gasteiger partial charge in [0.1, 0.15) is 5.58 Å². The molecule has 56 heavy (non-hydrogen) atoms. The molecular formula is C54H51NO. The van der Waals surface area contributed by atoms with Gasteiger partial charge in [-0.05, 0) is 160 Å². The van der Waals surface area contributed by atoms with E-state index in [0.29, 0.717) is 0 Å². The molecule has 2 heteroatoms. The molecule has 6 aromatic carbocycles. The molecule has 1 spiro atoms. The minimum Gasteiger partial charge on any atom is -0.454 e. The van der Waals surface area contributed by atoms with Crippen LogP contribution in [0, 0.1) is 23.7 Å². The van der Waals surface area contributed by atoms with E-state index in [9.17, 15) is 0 Å². The van der Waals surface area contributed by atoms with Crippen molar-refractivity contribution in [3.8, 4) is 22.3 Å². The molecule has 1 aromatic heterocycles. The molecule has 6 aliphatic rings. The van der Waals surface area contributed by atoms with Crippen molar-refractivity contribution in [3.05, 3.63) is 150 Å². The minimum absolute atomic E-state index is 0.0976. The highest BCUT2D eigenvalue weighted by Gasteiger charge is 2.61. The summed E-state index contributed by atoms with van der Waals surface area (Å²) < 4.78 is 6.72. The summed E-state index contributed by atoms with van der Waals surface area (Å²) in [6.07, 6.45) is 9.49. The number of hydrogen-bond donors (Lipinski definition) is 0. The molecule has 0 N–H and O–H groups in total. The Bertz CT molecular complexity index is 2700. The van der Waals surface area contributed by atoms with Gasteiger partial charge in [-0.2, -0.15) is 0 Å². The van der Waals surface area contributed by atoms with E-state index >= 15 is 0 Å². The molecule has 6 aliphatic carbocycles. The summed E-state index contributed by atoms with van der Waals surface area (Å²) in [4.78, 5) is 2.45. The number of hydrogen-bond acceptors (Lipinski definition) is 2. The number of furan rings is 1. The maximum Gasteiger partial charge on any atom is 0.159 e. The molecular weight excluding hydrogens is 679 g/mol. The van der Waals surface area contributed by atoms with E-state index in [2.05, 4.69) is 160 Å². The molecule has 4 bridgehead atoms. The average Bonchev–Trinajstić information content (AvgIpc) is 3.74. The molecule has 278 valence electrons. The summed E-state index contributed by atoms with van der Waals surface area (Å²) in [7, 11) is 0. The monoisotopic (exact) mass is 729 g/mol. The van der Waals surface area contributed by atoms with Crippen molar-refractivity contribution in [1.82, 2.24) is 0 Å². The summed E-state index contributed by atoms with van der Waals surface area (Å²) in [5.74, 6) is 3.41. The standard InChI is InChI=1S/C54H51NO/c1-52(2)25-26-53(3,4)47-32-39(23-24-45(47)52)55(48-17-10-14-42-41-11-6-8-18-49(41)56-51(42)48)38-21-19-35(20-22-38)40-13-9-16-46-50(40)43-12-5-7-15-44(43)54(46)36-28-33-27-34(30-36)31-37(54)29-33/h5-24,32-34,36-37H,25-31H2,1-4H3.